The molecule has 0 unspecified atom stereocenters. The fraction of sp³-hybridized carbons (Fsp3) is 0.0526. The minimum absolute atomic E-state index is 0.0491. The molecular formula is C19H13ClF2N2O2. The first-order chi connectivity index (χ1) is 12.3. The van der Waals surface area contributed by atoms with Gasteiger partial charge in [0.25, 0.3) is 0 Å². The number of hydrogen-bond donors (Lipinski definition) is 1. The van der Waals surface area contributed by atoms with Crippen molar-refractivity contribution in [2.75, 3.05) is 5.73 Å². The lowest BCUT2D eigenvalue weighted by atomic mass is 9.97. The summed E-state index contributed by atoms with van der Waals surface area (Å²) in [6.07, 6.45) is 1.12. The van der Waals surface area contributed by atoms with Crippen molar-refractivity contribution in [3.8, 4) is 11.3 Å². The lowest BCUT2D eigenvalue weighted by Gasteiger charge is -2.13. The maximum absolute atomic E-state index is 13.9. The number of nitrogens with two attached hydrogens (primary N) is 1. The monoisotopic (exact) mass is 374 g/mol. The van der Waals surface area contributed by atoms with Gasteiger partial charge in [0, 0.05) is 17.2 Å². The highest BCUT2D eigenvalue weighted by molar-refractivity contribution is 6.30. The third-order valence-electron chi connectivity index (χ3n) is 4.01. The van der Waals surface area contributed by atoms with Gasteiger partial charge in [0.2, 0.25) is 5.69 Å². The summed E-state index contributed by atoms with van der Waals surface area (Å²) >= 11 is 5.93. The lowest BCUT2D eigenvalue weighted by Crippen LogP contribution is -2.31. The second-order valence-electron chi connectivity index (χ2n) is 5.73. The van der Waals surface area contributed by atoms with E-state index in [-0.39, 0.29) is 22.5 Å². The molecule has 7 heteroatoms. The Morgan fingerprint density at radius 3 is 2.50 bits per heavy atom. The fourth-order valence-electron chi connectivity index (χ4n) is 2.73. The summed E-state index contributed by atoms with van der Waals surface area (Å²) in [4.78, 5) is 12.7. The maximum atomic E-state index is 13.9. The van der Waals surface area contributed by atoms with E-state index < -0.39 is 17.4 Å². The molecule has 0 aliphatic rings. The quantitative estimate of drug-likeness (QED) is 0.427. The van der Waals surface area contributed by atoms with Crippen LogP contribution in [0.25, 0.3) is 11.3 Å². The van der Waals surface area contributed by atoms with Crippen molar-refractivity contribution in [2.45, 2.75) is 6.92 Å². The van der Waals surface area contributed by atoms with Crippen molar-refractivity contribution in [2.24, 2.45) is 0 Å². The lowest BCUT2D eigenvalue weighted by molar-refractivity contribution is -0.593. The van der Waals surface area contributed by atoms with Crippen LogP contribution in [-0.4, -0.2) is 5.78 Å². The van der Waals surface area contributed by atoms with Gasteiger partial charge in [-0.25, -0.2) is 8.78 Å². The van der Waals surface area contributed by atoms with Gasteiger partial charge in [-0.15, -0.1) is 0 Å². The molecule has 1 heterocycles. The number of halogens is 3. The molecule has 0 aliphatic heterocycles. The fourth-order valence-corrected chi connectivity index (χ4v) is 2.95. The summed E-state index contributed by atoms with van der Waals surface area (Å²) in [5.41, 5.74) is 6.84. The SMILES string of the molecule is Cc1cc(Cl)ccc1-c1c(N)c(C(=O)c2ccc(F)cc2F)cc[n+]1[O-]. The van der Waals surface area contributed by atoms with Crippen LogP contribution >= 0.6 is 11.6 Å². The third kappa shape index (κ3) is 3.11. The molecular weight excluding hydrogens is 362 g/mol. The number of carbonyl (C=O) groups is 1. The van der Waals surface area contributed by atoms with Crippen molar-refractivity contribution in [1.29, 1.82) is 0 Å². The number of anilines is 1. The van der Waals surface area contributed by atoms with E-state index in [0.717, 1.165) is 18.3 Å². The van der Waals surface area contributed by atoms with Gasteiger partial charge >= 0.3 is 0 Å². The van der Waals surface area contributed by atoms with E-state index in [1.807, 2.05) is 0 Å². The molecule has 1 aromatic heterocycles. The Morgan fingerprint density at radius 2 is 1.85 bits per heavy atom. The number of benzene rings is 2. The Bertz CT molecular complexity index is 1040. The average molecular weight is 375 g/mol. The number of rotatable bonds is 3. The summed E-state index contributed by atoms with van der Waals surface area (Å²) in [5, 5.41) is 12.8. The molecule has 4 nitrogen and oxygen atoms in total. The van der Waals surface area contributed by atoms with Gasteiger partial charge in [0.1, 0.15) is 17.3 Å². The van der Waals surface area contributed by atoms with Gasteiger partial charge in [-0.1, -0.05) is 11.6 Å². The molecule has 2 aromatic carbocycles. The van der Waals surface area contributed by atoms with Crippen molar-refractivity contribution in [1.82, 2.24) is 0 Å². The van der Waals surface area contributed by atoms with Gasteiger partial charge in [0.15, 0.2) is 12.0 Å². The summed E-state index contributed by atoms with van der Waals surface area (Å²) in [7, 11) is 0. The van der Waals surface area contributed by atoms with Crippen LogP contribution in [0.3, 0.4) is 0 Å². The second kappa shape index (κ2) is 6.72. The Hall–Kier alpha value is -2.99. The molecule has 3 rings (SSSR count). The zero-order valence-electron chi connectivity index (χ0n) is 13.6. The molecule has 3 aromatic rings. The second-order valence-corrected chi connectivity index (χ2v) is 6.17. The summed E-state index contributed by atoms with van der Waals surface area (Å²) in [5.74, 6) is -2.54. The highest BCUT2D eigenvalue weighted by Gasteiger charge is 2.24. The smallest absolute Gasteiger partial charge is 0.247 e. The van der Waals surface area contributed by atoms with Crippen LogP contribution in [0.2, 0.25) is 5.02 Å². The minimum atomic E-state index is -1.00. The van der Waals surface area contributed by atoms with Crippen LogP contribution in [0, 0.1) is 23.8 Å². The first-order valence-corrected chi connectivity index (χ1v) is 7.95. The van der Waals surface area contributed by atoms with Crippen LogP contribution < -0.4 is 10.5 Å². The molecule has 0 spiro atoms. The van der Waals surface area contributed by atoms with E-state index in [1.54, 1.807) is 25.1 Å². The van der Waals surface area contributed by atoms with Crippen molar-refractivity contribution in [3.05, 3.63) is 87.2 Å². The van der Waals surface area contributed by atoms with E-state index >= 15 is 0 Å². The largest absolute Gasteiger partial charge is 0.618 e. The Labute approximate surface area is 153 Å². The summed E-state index contributed by atoms with van der Waals surface area (Å²) in [6, 6.07) is 8.71. The van der Waals surface area contributed by atoms with E-state index in [4.69, 9.17) is 17.3 Å². The molecule has 26 heavy (non-hydrogen) atoms. The van der Waals surface area contributed by atoms with Gasteiger partial charge in [-0.05, 0) is 42.8 Å². The first-order valence-electron chi connectivity index (χ1n) is 7.57. The number of nitrogen functional groups attached to an aromatic ring is 1. The predicted molar refractivity (Wildman–Crippen MR) is 94.8 cm³/mol. The van der Waals surface area contributed by atoms with Gasteiger partial charge in [-0.3, -0.25) is 4.79 Å². The molecule has 0 radical (unpaired) electrons. The van der Waals surface area contributed by atoms with Crippen LogP contribution in [0.1, 0.15) is 21.5 Å². The topological polar surface area (TPSA) is 70.0 Å². The van der Waals surface area contributed by atoms with E-state index in [9.17, 15) is 18.8 Å². The maximum Gasteiger partial charge on any atom is 0.247 e. The highest BCUT2D eigenvalue weighted by Crippen LogP contribution is 2.30. The summed E-state index contributed by atoms with van der Waals surface area (Å²) in [6.45, 7) is 1.74. The Balaban J connectivity index is 2.17. The summed E-state index contributed by atoms with van der Waals surface area (Å²) < 4.78 is 27.6. The molecule has 132 valence electrons. The van der Waals surface area contributed by atoms with Gasteiger partial charge in [-0.2, -0.15) is 4.73 Å². The van der Waals surface area contributed by atoms with Crippen LogP contribution in [0.4, 0.5) is 14.5 Å². The van der Waals surface area contributed by atoms with Crippen molar-refractivity contribution < 1.29 is 18.3 Å². The standard InChI is InChI=1S/C19H13ClF2N2O2/c1-10-8-11(20)2-4-13(10)18-17(23)15(6-7-24(18)26)19(25)14-5-3-12(21)9-16(14)22/h2-9H,23H2,1H3. The number of hydrogen-bond acceptors (Lipinski definition) is 3. The number of aromatic nitrogens is 1. The van der Waals surface area contributed by atoms with Gasteiger partial charge < -0.3 is 10.9 Å². The molecule has 0 amide bonds. The molecule has 0 saturated carbocycles. The molecule has 0 atom stereocenters. The molecule has 0 saturated heterocycles. The number of aryl methyl sites for hydroxylation is 1. The van der Waals surface area contributed by atoms with Crippen molar-refractivity contribution in [3.63, 3.8) is 0 Å². The van der Waals surface area contributed by atoms with Gasteiger partial charge in [0.05, 0.1) is 16.7 Å². The predicted octanol–water partition coefficient (Wildman–Crippen LogP) is 4.04. The highest BCUT2D eigenvalue weighted by atomic mass is 35.5. The van der Waals surface area contributed by atoms with E-state index in [1.165, 1.54) is 6.07 Å². The molecule has 2 N–H and O–H groups in total. The number of ketones is 1. The van der Waals surface area contributed by atoms with Crippen LogP contribution in [0.15, 0.2) is 48.7 Å². The number of nitrogens with zero attached hydrogens (tertiary/aromatic N) is 1. The van der Waals surface area contributed by atoms with Crippen LogP contribution in [-0.2, 0) is 0 Å². The number of pyridine rings is 1. The Morgan fingerprint density at radius 1 is 1.12 bits per heavy atom. The average Bonchev–Trinajstić information content (AvgIpc) is 2.56. The molecule has 0 bridgehead atoms. The van der Waals surface area contributed by atoms with Crippen molar-refractivity contribution >= 4 is 23.1 Å². The van der Waals surface area contributed by atoms with E-state index in [0.29, 0.717) is 26.9 Å². The Kier molecular flexibility index (Phi) is 4.61. The van der Waals surface area contributed by atoms with Crippen LogP contribution in [0.5, 0.6) is 0 Å². The first kappa shape index (κ1) is 17.8. The minimum Gasteiger partial charge on any atom is -0.618 e. The molecule has 0 fully saturated rings. The third-order valence-corrected chi connectivity index (χ3v) is 4.24. The zero-order chi connectivity index (χ0) is 19.0. The van der Waals surface area contributed by atoms with E-state index in [2.05, 4.69) is 0 Å². The normalized spacial score (nSPS) is 10.8. The zero-order valence-corrected chi connectivity index (χ0v) is 14.3. The number of carbonyl (C=O) groups excluding carboxylic acids is 1. The molecule has 0 aliphatic carbocycles.